The summed E-state index contributed by atoms with van der Waals surface area (Å²) in [5, 5.41) is 2.83. The number of para-hydroxylation sites is 1. The van der Waals surface area contributed by atoms with Crippen LogP contribution in [0, 0.1) is 5.95 Å². The summed E-state index contributed by atoms with van der Waals surface area (Å²) in [5.74, 6) is -1.14. The fraction of sp³-hybridized carbons (Fsp3) is 0. The Morgan fingerprint density at radius 2 is 1.91 bits per heavy atom. The molecule has 0 radical (unpaired) electrons. The number of nitrogens with zero attached hydrogens (tertiary/aromatic N) is 3. The van der Waals surface area contributed by atoms with Gasteiger partial charge in [0.05, 0.1) is 0 Å². The summed E-state index contributed by atoms with van der Waals surface area (Å²) in [4.78, 5) is 15.1. The summed E-state index contributed by atoms with van der Waals surface area (Å²) >= 11 is 0. The smallest absolute Gasteiger partial charge is 0.410 e. The Morgan fingerprint density at radius 1 is 1.17 bits per heavy atom. The van der Waals surface area contributed by atoms with Gasteiger partial charge < -0.3 is 4.74 Å². The van der Waals surface area contributed by atoms with Gasteiger partial charge in [-0.05, 0) is 24.3 Å². The maximum Gasteiger partial charge on any atom is 0.426 e. The van der Waals surface area contributed by atoms with E-state index >= 15 is 0 Å². The third kappa shape index (κ3) is 2.97. The van der Waals surface area contributed by atoms with E-state index < -0.39 is 27.1 Å². The average Bonchev–Trinajstić information content (AvgIpc) is 2.84. The minimum absolute atomic E-state index is 0.0122. The van der Waals surface area contributed by atoms with Crippen molar-refractivity contribution in [1.29, 1.82) is 0 Å². The number of halogens is 1. The minimum atomic E-state index is -4.56. The van der Waals surface area contributed by atoms with Crippen LogP contribution in [0.3, 0.4) is 0 Å². The molecule has 0 bridgehead atoms. The first-order chi connectivity index (χ1) is 11.0. The van der Waals surface area contributed by atoms with Crippen molar-refractivity contribution in [2.45, 2.75) is 5.03 Å². The van der Waals surface area contributed by atoms with Crippen molar-refractivity contribution in [2.75, 3.05) is 0 Å². The molecule has 23 heavy (non-hydrogen) atoms. The molecule has 8 nitrogen and oxygen atoms in total. The van der Waals surface area contributed by atoms with E-state index in [1.807, 2.05) is 0 Å². The first-order valence-electron chi connectivity index (χ1n) is 6.26. The lowest BCUT2D eigenvalue weighted by molar-refractivity contribution is 0.206. The Bertz CT molecular complexity index is 972. The first kappa shape index (κ1) is 14.9. The molecule has 3 aromatic rings. The molecule has 0 atom stereocenters. The lowest BCUT2D eigenvalue weighted by atomic mass is 10.3. The van der Waals surface area contributed by atoms with Crippen LogP contribution < -0.4 is 9.46 Å². The molecule has 10 heteroatoms. The third-order valence-corrected chi connectivity index (χ3v) is 4.02. The topological polar surface area (TPSA) is 103 Å². The summed E-state index contributed by atoms with van der Waals surface area (Å²) in [5.41, 5.74) is -0.0122. The molecule has 0 spiro atoms. The molecule has 2 aromatic heterocycles. The Balaban J connectivity index is 1.89. The van der Waals surface area contributed by atoms with Gasteiger partial charge in [-0.15, -0.1) is 0 Å². The molecule has 0 saturated heterocycles. The van der Waals surface area contributed by atoms with Crippen molar-refractivity contribution in [3.05, 3.63) is 54.6 Å². The number of ether oxygens (including phenoxy) is 1. The molecule has 0 aliphatic carbocycles. The van der Waals surface area contributed by atoms with Gasteiger partial charge >= 0.3 is 6.09 Å². The largest absolute Gasteiger partial charge is 0.426 e. The van der Waals surface area contributed by atoms with Crippen molar-refractivity contribution in [3.63, 3.8) is 0 Å². The van der Waals surface area contributed by atoms with Crippen molar-refractivity contribution in [3.8, 4) is 5.75 Å². The molecule has 0 aliphatic heterocycles. The number of rotatable bonds is 3. The SMILES string of the molecule is O=C(NS(=O)(=O)c1c(F)nc2cccnn12)Oc1ccccc1. The predicted octanol–water partition coefficient (Wildman–Crippen LogP) is 1.35. The molecule has 2 heterocycles. The average molecular weight is 336 g/mol. The summed E-state index contributed by atoms with van der Waals surface area (Å²) in [7, 11) is -4.56. The van der Waals surface area contributed by atoms with Crippen LogP contribution in [0.4, 0.5) is 9.18 Å². The lowest BCUT2D eigenvalue weighted by Gasteiger charge is -2.07. The zero-order valence-corrected chi connectivity index (χ0v) is 12.2. The van der Waals surface area contributed by atoms with Gasteiger partial charge in [-0.2, -0.15) is 27.4 Å². The standard InChI is InChI=1S/C13H9FN4O4S/c14-11-12(18-10(16-11)7-4-8-15-18)23(20,21)17-13(19)22-9-5-2-1-3-6-9/h1-8H,(H,17,19). The highest BCUT2D eigenvalue weighted by Crippen LogP contribution is 2.16. The van der Waals surface area contributed by atoms with Gasteiger partial charge in [0.15, 0.2) is 5.65 Å². The number of hydrogen-bond acceptors (Lipinski definition) is 6. The summed E-state index contributed by atoms with van der Waals surface area (Å²) in [6.07, 6.45) is -0.0171. The fourth-order valence-corrected chi connectivity index (χ4v) is 2.83. The van der Waals surface area contributed by atoms with Crippen LogP contribution in [0.5, 0.6) is 5.75 Å². The van der Waals surface area contributed by atoms with E-state index in [4.69, 9.17) is 4.74 Å². The second-order valence-electron chi connectivity index (χ2n) is 4.31. The molecule has 0 aliphatic rings. The van der Waals surface area contributed by atoms with Crippen LogP contribution in [0.1, 0.15) is 0 Å². The number of hydrogen-bond donors (Lipinski definition) is 1. The Morgan fingerprint density at radius 3 is 2.65 bits per heavy atom. The summed E-state index contributed by atoms with van der Waals surface area (Å²) in [6, 6.07) is 10.7. The highest BCUT2D eigenvalue weighted by molar-refractivity contribution is 7.90. The number of fused-ring (bicyclic) bond motifs is 1. The van der Waals surface area contributed by atoms with E-state index in [9.17, 15) is 17.6 Å². The van der Waals surface area contributed by atoms with Crippen molar-refractivity contribution in [1.82, 2.24) is 19.3 Å². The monoisotopic (exact) mass is 336 g/mol. The summed E-state index contributed by atoms with van der Waals surface area (Å²) in [6.45, 7) is 0. The van der Waals surface area contributed by atoms with E-state index in [1.54, 1.807) is 22.9 Å². The maximum absolute atomic E-state index is 13.8. The van der Waals surface area contributed by atoms with Gasteiger partial charge in [0.1, 0.15) is 5.75 Å². The number of sulfonamides is 1. The zero-order chi connectivity index (χ0) is 16.4. The van der Waals surface area contributed by atoms with Crippen LogP contribution in [0.2, 0.25) is 0 Å². The van der Waals surface area contributed by atoms with Crippen LogP contribution >= 0.6 is 0 Å². The van der Waals surface area contributed by atoms with Gasteiger partial charge in [0.25, 0.3) is 16.0 Å². The number of imidazole rings is 1. The second-order valence-corrected chi connectivity index (χ2v) is 5.91. The molecule has 0 saturated carbocycles. The van der Waals surface area contributed by atoms with E-state index in [0.29, 0.717) is 0 Å². The normalized spacial score (nSPS) is 11.3. The Hall–Kier alpha value is -3.01. The van der Waals surface area contributed by atoms with Gasteiger partial charge in [-0.1, -0.05) is 18.2 Å². The number of benzene rings is 1. The van der Waals surface area contributed by atoms with E-state index in [-0.39, 0.29) is 11.4 Å². The van der Waals surface area contributed by atoms with Crippen LogP contribution in [0.15, 0.2) is 53.7 Å². The van der Waals surface area contributed by atoms with E-state index in [2.05, 4.69) is 10.1 Å². The quantitative estimate of drug-likeness (QED) is 0.774. The second kappa shape index (κ2) is 5.65. The molecule has 1 amide bonds. The molecule has 118 valence electrons. The molecule has 3 rings (SSSR count). The van der Waals surface area contributed by atoms with Crippen molar-refractivity contribution >= 4 is 21.8 Å². The molecule has 0 fully saturated rings. The highest BCUT2D eigenvalue weighted by Gasteiger charge is 2.29. The van der Waals surface area contributed by atoms with Crippen LogP contribution in [-0.4, -0.2) is 29.1 Å². The molecule has 0 unspecified atom stereocenters. The van der Waals surface area contributed by atoms with Crippen molar-refractivity contribution in [2.24, 2.45) is 0 Å². The Labute approximate surface area is 129 Å². The molecular formula is C13H9FN4O4S. The minimum Gasteiger partial charge on any atom is -0.410 e. The highest BCUT2D eigenvalue weighted by atomic mass is 32.2. The maximum atomic E-state index is 13.8. The van der Waals surface area contributed by atoms with Crippen LogP contribution in [-0.2, 0) is 10.0 Å². The summed E-state index contributed by atoms with van der Waals surface area (Å²) < 4.78 is 45.4. The van der Waals surface area contributed by atoms with E-state index in [0.717, 1.165) is 4.52 Å². The third-order valence-electron chi connectivity index (χ3n) is 2.74. The molecule has 1 aromatic carbocycles. The first-order valence-corrected chi connectivity index (χ1v) is 7.74. The predicted molar refractivity (Wildman–Crippen MR) is 75.7 cm³/mol. The van der Waals surface area contributed by atoms with Gasteiger partial charge in [0.2, 0.25) is 5.03 Å². The van der Waals surface area contributed by atoms with Crippen molar-refractivity contribution < 1.29 is 22.3 Å². The molecule has 1 N–H and O–H groups in total. The van der Waals surface area contributed by atoms with Gasteiger partial charge in [0, 0.05) is 6.20 Å². The van der Waals surface area contributed by atoms with E-state index in [1.165, 1.54) is 30.5 Å². The molecular weight excluding hydrogens is 327 g/mol. The van der Waals surface area contributed by atoms with Crippen LogP contribution in [0.25, 0.3) is 5.65 Å². The number of carbonyl (C=O) groups excluding carboxylic acids is 1. The van der Waals surface area contributed by atoms with Gasteiger partial charge in [-0.3, -0.25) is 0 Å². The number of nitrogens with one attached hydrogen (secondary N) is 1. The number of amides is 1. The zero-order valence-electron chi connectivity index (χ0n) is 11.4. The lowest BCUT2D eigenvalue weighted by Crippen LogP contribution is -2.34. The number of aromatic nitrogens is 3. The van der Waals surface area contributed by atoms with Gasteiger partial charge in [-0.25, -0.2) is 9.52 Å². The fourth-order valence-electron chi connectivity index (χ4n) is 1.84. The number of carbonyl (C=O) groups is 1. The Kier molecular flexibility index (Phi) is 3.66.